The van der Waals surface area contributed by atoms with Gasteiger partial charge >= 0.3 is 0 Å². The average molecular weight is 287 g/mol. The highest BCUT2D eigenvalue weighted by molar-refractivity contribution is 5.27. The maximum atomic E-state index is 4.48. The van der Waals surface area contributed by atoms with Crippen molar-refractivity contribution in [1.29, 1.82) is 0 Å². The number of imidazole rings is 1. The summed E-state index contributed by atoms with van der Waals surface area (Å²) in [5.41, 5.74) is 2.50. The minimum atomic E-state index is 0.607. The normalized spacial score (nSPS) is 16.2. The van der Waals surface area contributed by atoms with Crippen molar-refractivity contribution in [3.63, 3.8) is 0 Å². The highest BCUT2D eigenvalue weighted by atomic mass is 15.2. The van der Waals surface area contributed by atoms with Gasteiger partial charge in [0, 0.05) is 30.7 Å². The molecule has 3 rings (SSSR count). The zero-order valence-electron chi connectivity index (χ0n) is 12.8. The van der Waals surface area contributed by atoms with E-state index in [1.807, 2.05) is 12.4 Å². The Morgan fingerprint density at radius 2 is 2.19 bits per heavy atom. The topological polar surface area (TPSA) is 58.5 Å². The minimum absolute atomic E-state index is 0.607. The first-order chi connectivity index (χ1) is 10.3. The lowest BCUT2D eigenvalue weighted by Crippen LogP contribution is -2.24. The Labute approximate surface area is 126 Å². The van der Waals surface area contributed by atoms with Crippen LogP contribution >= 0.6 is 0 Å². The van der Waals surface area contributed by atoms with Gasteiger partial charge in [0.25, 0.3) is 0 Å². The maximum Gasteiger partial charge on any atom is 0.202 e. The van der Waals surface area contributed by atoms with Gasteiger partial charge in [-0.05, 0) is 38.2 Å². The van der Waals surface area contributed by atoms with Crippen LogP contribution < -0.4 is 5.32 Å². The van der Waals surface area contributed by atoms with E-state index in [4.69, 9.17) is 0 Å². The molecule has 0 spiro atoms. The molecule has 21 heavy (non-hydrogen) atoms. The second-order valence-corrected chi connectivity index (χ2v) is 6.05. The molecule has 2 aromatic heterocycles. The first kappa shape index (κ1) is 14.2. The summed E-state index contributed by atoms with van der Waals surface area (Å²) in [5, 5.41) is 10.7. The molecule has 0 amide bonds. The molecule has 2 N–H and O–H groups in total. The van der Waals surface area contributed by atoms with Gasteiger partial charge in [-0.15, -0.1) is 0 Å². The Kier molecular flexibility index (Phi) is 4.58. The molecular formula is C16H25N5. The lowest BCUT2D eigenvalue weighted by molar-refractivity contribution is 0.458. The number of hydrogen-bond donors (Lipinski definition) is 2. The van der Waals surface area contributed by atoms with Gasteiger partial charge < -0.3 is 9.88 Å². The summed E-state index contributed by atoms with van der Waals surface area (Å²) in [7, 11) is 0. The van der Waals surface area contributed by atoms with Gasteiger partial charge in [0.2, 0.25) is 5.95 Å². The zero-order chi connectivity index (χ0) is 14.5. The smallest absolute Gasteiger partial charge is 0.202 e. The van der Waals surface area contributed by atoms with Crippen molar-refractivity contribution in [2.24, 2.45) is 0 Å². The van der Waals surface area contributed by atoms with Gasteiger partial charge in [-0.1, -0.05) is 19.3 Å². The molecule has 5 nitrogen and oxygen atoms in total. The molecule has 2 heterocycles. The molecule has 0 bridgehead atoms. The zero-order valence-corrected chi connectivity index (χ0v) is 12.8. The van der Waals surface area contributed by atoms with Crippen molar-refractivity contribution < 1.29 is 0 Å². The van der Waals surface area contributed by atoms with Crippen molar-refractivity contribution in [3.05, 3.63) is 29.8 Å². The van der Waals surface area contributed by atoms with Crippen LogP contribution in [0.2, 0.25) is 0 Å². The number of nitrogens with one attached hydrogen (secondary N) is 2. The molecule has 0 unspecified atom stereocenters. The Hall–Kier alpha value is -1.78. The van der Waals surface area contributed by atoms with E-state index in [2.05, 4.69) is 38.2 Å². The largest absolute Gasteiger partial charge is 0.353 e. The third kappa shape index (κ3) is 3.65. The number of anilines is 1. The van der Waals surface area contributed by atoms with E-state index >= 15 is 0 Å². The molecule has 0 saturated heterocycles. The first-order valence-electron chi connectivity index (χ1n) is 8.09. The summed E-state index contributed by atoms with van der Waals surface area (Å²) in [6, 6.07) is 0.607. The summed E-state index contributed by atoms with van der Waals surface area (Å²) >= 11 is 0. The van der Waals surface area contributed by atoms with Crippen LogP contribution in [-0.2, 0) is 13.0 Å². The maximum absolute atomic E-state index is 4.48. The fourth-order valence-electron chi connectivity index (χ4n) is 3.13. The molecule has 5 heteroatoms. The molecule has 0 aliphatic heterocycles. The summed E-state index contributed by atoms with van der Waals surface area (Å²) in [6.45, 7) is 3.08. The molecule has 0 atom stereocenters. The van der Waals surface area contributed by atoms with Crippen molar-refractivity contribution in [3.8, 4) is 0 Å². The number of H-pyrrole nitrogens is 1. The predicted octanol–water partition coefficient (Wildman–Crippen LogP) is 3.29. The fraction of sp³-hybridized carbons (Fsp3) is 0.625. The summed E-state index contributed by atoms with van der Waals surface area (Å²) < 4.78 is 2.24. The third-order valence-electron chi connectivity index (χ3n) is 4.43. The van der Waals surface area contributed by atoms with Crippen LogP contribution in [0.1, 0.15) is 49.8 Å². The van der Waals surface area contributed by atoms with Gasteiger partial charge in [-0.3, -0.25) is 5.10 Å². The molecule has 0 aromatic carbocycles. The van der Waals surface area contributed by atoms with E-state index in [1.165, 1.54) is 43.4 Å². The Morgan fingerprint density at radius 1 is 1.33 bits per heavy atom. The number of aryl methyl sites for hydroxylation is 3. The molecular weight excluding hydrogens is 262 g/mol. The quantitative estimate of drug-likeness (QED) is 0.857. The van der Waals surface area contributed by atoms with E-state index in [1.54, 1.807) is 0 Å². The van der Waals surface area contributed by atoms with Gasteiger partial charge in [-0.25, -0.2) is 4.98 Å². The van der Waals surface area contributed by atoms with Crippen LogP contribution in [0.4, 0.5) is 5.95 Å². The minimum Gasteiger partial charge on any atom is -0.353 e. The van der Waals surface area contributed by atoms with Crippen LogP contribution in [0.5, 0.6) is 0 Å². The van der Waals surface area contributed by atoms with Crippen LogP contribution in [0.3, 0.4) is 0 Å². The standard InChI is InChI=1S/C16H25N5/c1-13-14(12-18-20-13)6-5-10-21-11-9-17-16(21)19-15-7-3-2-4-8-15/h9,11-12,15H,2-8,10H2,1H3,(H,17,19)(H,18,20). The Balaban J connectivity index is 1.51. The second kappa shape index (κ2) is 6.78. The summed E-state index contributed by atoms with van der Waals surface area (Å²) in [6.07, 6.45) is 14.7. The Morgan fingerprint density at radius 3 is 2.95 bits per heavy atom. The first-order valence-corrected chi connectivity index (χ1v) is 8.09. The van der Waals surface area contributed by atoms with Gasteiger partial charge in [-0.2, -0.15) is 5.10 Å². The third-order valence-corrected chi connectivity index (χ3v) is 4.43. The number of rotatable bonds is 6. The molecule has 2 aromatic rings. The van der Waals surface area contributed by atoms with E-state index in [0.717, 1.165) is 25.3 Å². The second-order valence-electron chi connectivity index (χ2n) is 6.05. The van der Waals surface area contributed by atoms with Crippen molar-refractivity contribution >= 4 is 5.95 Å². The van der Waals surface area contributed by atoms with Gasteiger partial charge in [0.05, 0.1) is 6.20 Å². The lowest BCUT2D eigenvalue weighted by atomic mass is 9.96. The predicted molar refractivity (Wildman–Crippen MR) is 84.4 cm³/mol. The number of aromatic nitrogens is 4. The van der Waals surface area contributed by atoms with E-state index < -0.39 is 0 Å². The lowest BCUT2D eigenvalue weighted by Gasteiger charge is -2.23. The van der Waals surface area contributed by atoms with Crippen molar-refractivity contribution in [2.45, 2.75) is 64.5 Å². The van der Waals surface area contributed by atoms with Crippen LogP contribution in [0.25, 0.3) is 0 Å². The SMILES string of the molecule is Cc1[nH]ncc1CCCn1ccnc1NC1CCCCC1. The van der Waals surface area contributed by atoms with Crippen LogP contribution in [-0.4, -0.2) is 25.8 Å². The van der Waals surface area contributed by atoms with Crippen molar-refractivity contribution in [1.82, 2.24) is 19.7 Å². The molecule has 114 valence electrons. The number of nitrogens with zero attached hydrogens (tertiary/aromatic N) is 3. The molecule has 1 aliphatic rings. The van der Waals surface area contributed by atoms with E-state index in [-0.39, 0.29) is 0 Å². The highest BCUT2D eigenvalue weighted by Gasteiger charge is 2.15. The fourth-order valence-corrected chi connectivity index (χ4v) is 3.13. The van der Waals surface area contributed by atoms with E-state index in [0.29, 0.717) is 6.04 Å². The van der Waals surface area contributed by atoms with Crippen LogP contribution in [0.15, 0.2) is 18.6 Å². The Bertz CT molecular complexity index is 551. The summed E-state index contributed by atoms with van der Waals surface area (Å²) in [5.74, 6) is 1.03. The molecule has 0 radical (unpaired) electrons. The number of aromatic amines is 1. The average Bonchev–Trinajstić information content (AvgIpc) is 3.10. The monoisotopic (exact) mass is 287 g/mol. The van der Waals surface area contributed by atoms with Gasteiger partial charge in [0.15, 0.2) is 0 Å². The summed E-state index contributed by atoms with van der Waals surface area (Å²) in [4.78, 5) is 4.48. The van der Waals surface area contributed by atoms with Crippen molar-refractivity contribution in [2.75, 3.05) is 5.32 Å². The molecule has 1 aliphatic carbocycles. The highest BCUT2D eigenvalue weighted by Crippen LogP contribution is 2.21. The molecule has 1 saturated carbocycles. The van der Waals surface area contributed by atoms with Gasteiger partial charge in [0.1, 0.15) is 0 Å². The van der Waals surface area contributed by atoms with E-state index in [9.17, 15) is 0 Å². The molecule has 1 fully saturated rings. The number of hydrogen-bond acceptors (Lipinski definition) is 3. The van der Waals surface area contributed by atoms with Crippen LogP contribution in [0, 0.1) is 6.92 Å².